The lowest BCUT2D eigenvalue weighted by Gasteiger charge is -2.47. The second kappa shape index (κ2) is 8.73. The number of rotatable bonds is 4. The van der Waals surface area contributed by atoms with Crippen LogP contribution in [-0.2, 0) is 11.2 Å². The number of nitrogens with zero attached hydrogens (tertiary/aromatic N) is 2. The van der Waals surface area contributed by atoms with Gasteiger partial charge in [0.05, 0.1) is 26.2 Å². The molecule has 0 spiro atoms. The molecule has 3 aliphatic heterocycles. The summed E-state index contributed by atoms with van der Waals surface area (Å²) in [5.74, 6) is 1.02. The smallest absolute Gasteiger partial charge is 0.254 e. The van der Waals surface area contributed by atoms with Gasteiger partial charge in [0.15, 0.2) is 11.5 Å². The lowest BCUT2D eigenvalue weighted by atomic mass is 9.75. The molecule has 2 amide bonds. The number of carbonyl (C=O) groups excluding carboxylic acids is 2. The Morgan fingerprint density at radius 2 is 1.79 bits per heavy atom. The second-order valence-electron chi connectivity index (χ2n) is 9.25. The predicted octanol–water partition coefficient (Wildman–Crippen LogP) is 4.33. The Hall–Kier alpha value is -3.02. The Labute approximate surface area is 195 Å². The first-order valence-corrected chi connectivity index (χ1v) is 12.0. The molecule has 0 saturated carbocycles. The van der Waals surface area contributed by atoms with Crippen molar-refractivity contribution < 1.29 is 19.1 Å². The molecule has 33 heavy (non-hydrogen) atoms. The standard InChI is InChI=1S/C27H32N2O4/c1-4-18-9-7-8-13-28(18)27(31)24-19-10-5-6-11-20(19)26(30)29-14-12-17-15-22(32-2)23(33-3)16-21(17)25(24)29/h5-6,10-11,15-16,18,24-25H,4,7-9,12-14H2,1-3H3/t18-,24+,25+/m1/s1. The maximum absolute atomic E-state index is 14.3. The fraction of sp³-hybridized carbons (Fsp3) is 0.481. The molecule has 0 aliphatic carbocycles. The molecule has 0 aromatic heterocycles. The van der Waals surface area contributed by atoms with Crippen molar-refractivity contribution in [2.24, 2.45) is 0 Å². The Morgan fingerprint density at radius 1 is 1.03 bits per heavy atom. The minimum Gasteiger partial charge on any atom is -0.493 e. The van der Waals surface area contributed by atoms with E-state index in [0.29, 0.717) is 23.6 Å². The van der Waals surface area contributed by atoms with E-state index >= 15 is 0 Å². The summed E-state index contributed by atoms with van der Waals surface area (Å²) in [6.07, 6.45) is 4.92. The van der Waals surface area contributed by atoms with Crippen molar-refractivity contribution in [1.29, 1.82) is 0 Å². The van der Waals surface area contributed by atoms with E-state index < -0.39 is 5.92 Å². The number of piperidine rings is 1. The van der Waals surface area contributed by atoms with Gasteiger partial charge in [-0.1, -0.05) is 25.1 Å². The fourth-order valence-electron chi connectivity index (χ4n) is 6.01. The average molecular weight is 449 g/mol. The maximum Gasteiger partial charge on any atom is 0.254 e. The quantitative estimate of drug-likeness (QED) is 0.699. The Bertz CT molecular complexity index is 1080. The molecule has 174 valence electrons. The minimum absolute atomic E-state index is 0.00534. The molecule has 1 saturated heterocycles. The topological polar surface area (TPSA) is 59.1 Å². The van der Waals surface area contributed by atoms with Gasteiger partial charge in [-0.3, -0.25) is 9.59 Å². The molecule has 3 heterocycles. The number of amides is 2. The van der Waals surface area contributed by atoms with Gasteiger partial charge in [0.1, 0.15) is 0 Å². The molecule has 3 atom stereocenters. The number of benzene rings is 2. The molecule has 0 N–H and O–H groups in total. The molecule has 5 rings (SSSR count). The van der Waals surface area contributed by atoms with Crippen LogP contribution in [0.5, 0.6) is 11.5 Å². The van der Waals surface area contributed by atoms with E-state index in [0.717, 1.165) is 55.3 Å². The van der Waals surface area contributed by atoms with Gasteiger partial charge in [-0.25, -0.2) is 0 Å². The number of carbonyl (C=O) groups is 2. The monoisotopic (exact) mass is 448 g/mol. The van der Waals surface area contributed by atoms with Crippen LogP contribution in [0.15, 0.2) is 36.4 Å². The van der Waals surface area contributed by atoms with Crippen molar-refractivity contribution in [2.75, 3.05) is 27.3 Å². The van der Waals surface area contributed by atoms with E-state index in [9.17, 15) is 9.59 Å². The van der Waals surface area contributed by atoms with Crippen LogP contribution >= 0.6 is 0 Å². The number of hydrogen-bond donors (Lipinski definition) is 0. The average Bonchev–Trinajstić information content (AvgIpc) is 2.87. The Kier molecular flexibility index (Phi) is 5.77. The first-order chi connectivity index (χ1) is 16.1. The lowest BCUT2D eigenvalue weighted by Crippen LogP contribution is -2.53. The zero-order chi connectivity index (χ0) is 23.1. The van der Waals surface area contributed by atoms with Crippen LogP contribution in [0.4, 0.5) is 0 Å². The summed E-state index contributed by atoms with van der Waals surface area (Å²) in [5, 5.41) is 0. The third-order valence-electron chi connectivity index (χ3n) is 7.67. The van der Waals surface area contributed by atoms with E-state index in [1.54, 1.807) is 14.2 Å². The normalized spacial score (nSPS) is 24.0. The highest BCUT2D eigenvalue weighted by Gasteiger charge is 2.48. The van der Waals surface area contributed by atoms with E-state index in [4.69, 9.17) is 9.47 Å². The highest BCUT2D eigenvalue weighted by molar-refractivity contribution is 6.01. The maximum atomic E-state index is 14.3. The van der Waals surface area contributed by atoms with Gasteiger partial charge >= 0.3 is 0 Å². The second-order valence-corrected chi connectivity index (χ2v) is 9.25. The van der Waals surface area contributed by atoms with E-state index in [1.807, 2.05) is 41.3 Å². The number of fused-ring (bicyclic) bond motifs is 4. The highest BCUT2D eigenvalue weighted by atomic mass is 16.5. The molecule has 0 unspecified atom stereocenters. The van der Waals surface area contributed by atoms with Gasteiger partial charge in [-0.05, 0) is 67.0 Å². The van der Waals surface area contributed by atoms with Crippen molar-refractivity contribution >= 4 is 11.8 Å². The van der Waals surface area contributed by atoms with Crippen LogP contribution < -0.4 is 9.47 Å². The Balaban J connectivity index is 1.67. The molecule has 1 fully saturated rings. The third-order valence-corrected chi connectivity index (χ3v) is 7.67. The zero-order valence-corrected chi connectivity index (χ0v) is 19.7. The zero-order valence-electron chi connectivity index (χ0n) is 19.7. The number of likely N-dealkylation sites (tertiary alicyclic amines) is 1. The van der Waals surface area contributed by atoms with E-state index in [-0.39, 0.29) is 23.9 Å². The fourth-order valence-corrected chi connectivity index (χ4v) is 6.01. The molecule has 3 aliphatic rings. The van der Waals surface area contributed by atoms with Gasteiger partial charge in [-0.2, -0.15) is 0 Å². The minimum atomic E-state index is -0.428. The summed E-state index contributed by atoms with van der Waals surface area (Å²) in [6.45, 7) is 3.53. The number of hydrogen-bond acceptors (Lipinski definition) is 4. The summed E-state index contributed by atoms with van der Waals surface area (Å²) >= 11 is 0. The number of ether oxygens (including phenoxy) is 2. The van der Waals surface area contributed by atoms with Crippen molar-refractivity contribution in [3.05, 3.63) is 58.7 Å². The molecule has 2 aromatic carbocycles. The van der Waals surface area contributed by atoms with Crippen LogP contribution in [-0.4, -0.2) is 55.0 Å². The first kappa shape index (κ1) is 21.8. The predicted molar refractivity (Wildman–Crippen MR) is 126 cm³/mol. The Morgan fingerprint density at radius 3 is 2.55 bits per heavy atom. The van der Waals surface area contributed by atoms with Crippen LogP contribution in [0.3, 0.4) is 0 Å². The van der Waals surface area contributed by atoms with E-state index in [1.165, 1.54) is 0 Å². The van der Waals surface area contributed by atoms with Gasteiger partial charge in [0.25, 0.3) is 5.91 Å². The van der Waals surface area contributed by atoms with Crippen LogP contribution in [0.25, 0.3) is 0 Å². The highest BCUT2D eigenvalue weighted by Crippen LogP contribution is 2.49. The third kappa shape index (κ3) is 3.47. The van der Waals surface area contributed by atoms with Crippen LogP contribution in [0, 0.1) is 0 Å². The molecule has 0 bridgehead atoms. The molecular weight excluding hydrogens is 416 g/mol. The van der Waals surface area contributed by atoms with Gasteiger partial charge in [-0.15, -0.1) is 0 Å². The number of methoxy groups -OCH3 is 2. The SMILES string of the molecule is CC[C@@H]1CCCCN1C(=O)[C@H]1c2ccccc2C(=O)N2CCc3cc(OC)c(OC)cc3[C@@H]12. The van der Waals surface area contributed by atoms with E-state index in [2.05, 4.69) is 11.8 Å². The molecule has 2 aromatic rings. The summed E-state index contributed by atoms with van der Waals surface area (Å²) in [6, 6.07) is 11.6. The van der Waals surface area contributed by atoms with Gasteiger partial charge in [0, 0.05) is 24.7 Å². The van der Waals surface area contributed by atoms with Crippen molar-refractivity contribution in [3.8, 4) is 11.5 Å². The summed E-state index contributed by atoms with van der Waals surface area (Å²) in [4.78, 5) is 31.8. The van der Waals surface area contributed by atoms with Crippen molar-refractivity contribution in [2.45, 2.75) is 57.0 Å². The summed E-state index contributed by atoms with van der Waals surface area (Å²) in [7, 11) is 3.25. The summed E-state index contributed by atoms with van der Waals surface area (Å²) < 4.78 is 11.1. The van der Waals surface area contributed by atoms with Crippen molar-refractivity contribution in [1.82, 2.24) is 9.80 Å². The van der Waals surface area contributed by atoms with Gasteiger partial charge in [0.2, 0.25) is 5.91 Å². The lowest BCUT2D eigenvalue weighted by molar-refractivity contribution is -0.138. The van der Waals surface area contributed by atoms with Crippen LogP contribution in [0.1, 0.15) is 71.6 Å². The molecular formula is C27H32N2O4. The van der Waals surface area contributed by atoms with Crippen molar-refractivity contribution in [3.63, 3.8) is 0 Å². The summed E-state index contributed by atoms with van der Waals surface area (Å²) in [5.41, 5.74) is 3.60. The molecule has 6 heteroatoms. The first-order valence-electron chi connectivity index (χ1n) is 12.0. The van der Waals surface area contributed by atoms with Crippen LogP contribution in [0.2, 0.25) is 0 Å². The van der Waals surface area contributed by atoms with Gasteiger partial charge < -0.3 is 19.3 Å². The molecule has 6 nitrogen and oxygen atoms in total. The molecule has 0 radical (unpaired) electrons. The largest absolute Gasteiger partial charge is 0.493 e.